The summed E-state index contributed by atoms with van der Waals surface area (Å²) < 4.78 is 40.7. The van der Waals surface area contributed by atoms with Gasteiger partial charge in [-0.1, -0.05) is 76.4 Å². The van der Waals surface area contributed by atoms with E-state index >= 15 is 0 Å². The molecular weight excluding hydrogens is 446 g/mol. The number of nitrogens with zero attached hydrogens (tertiary/aromatic N) is 1. The van der Waals surface area contributed by atoms with Crippen molar-refractivity contribution < 1.29 is 18.0 Å². The summed E-state index contributed by atoms with van der Waals surface area (Å²) in [4.78, 5) is 5.37. The van der Waals surface area contributed by atoms with Crippen LogP contribution in [0.2, 0.25) is 15.1 Å². The molecule has 0 N–H and O–H groups in total. The second-order valence-electron chi connectivity index (χ2n) is 6.02. The largest absolute Gasteiger partial charge is 0.417 e. The van der Waals surface area contributed by atoms with Crippen molar-refractivity contribution >= 4 is 40.5 Å². The zero-order valence-electron chi connectivity index (χ0n) is 14.7. The highest BCUT2D eigenvalue weighted by Crippen LogP contribution is 2.34. The highest BCUT2D eigenvalue weighted by atomic mass is 35.5. The molecule has 0 radical (unpaired) electrons. The van der Waals surface area contributed by atoms with Crippen molar-refractivity contribution in [3.05, 3.63) is 104 Å². The molecule has 29 heavy (non-hydrogen) atoms. The van der Waals surface area contributed by atoms with E-state index in [1.54, 1.807) is 48.5 Å². The number of halogens is 6. The first-order chi connectivity index (χ1) is 13.8. The maximum atomic E-state index is 13.6. The van der Waals surface area contributed by atoms with Gasteiger partial charge in [0.25, 0.3) is 0 Å². The average Bonchev–Trinajstić information content (AvgIpc) is 2.67. The number of benzene rings is 3. The van der Waals surface area contributed by atoms with E-state index in [-0.39, 0.29) is 22.9 Å². The second-order valence-corrected chi connectivity index (χ2v) is 7.27. The molecule has 0 amide bonds. The summed E-state index contributed by atoms with van der Waals surface area (Å²) in [5.74, 6) is 0. The molecule has 0 fully saturated rings. The van der Waals surface area contributed by atoms with Crippen LogP contribution in [0.1, 0.15) is 22.3 Å². The van der Waals surface area contributed by atoms with Crippen LogP contribution in [0.5, 0.6) is 0 Å². The minimum absolute atomic E-state index is 0.00482. The number of oxime groups is 1. The van der Waals surface area contributed by atoms with Crippen molar-refractivity contribution in [2.24, 2.45) is 5.16 Å². The van der Waals surface area contributed by atoms with Crippen LogP contribution in [0.25, 0.3) is 0 Å². The third-order valence-electron chi connectivity index (χ3n) is 3.96. The quantitative estimate of drug-likeness (QED) is 0.284. The normalized spacial score (nSPS) is 12.1. The van der Waals surface area contributed by atoms with Gasteiger partial charge in [-0.15, -0.1) is 0 Å². The highest BCUT2D eigenvalue weighted by Gasteiger charge is 2.35. The van der Waals surface area contributed by atoms with Crippen molar-refractivity contribution in [3.8, 4) is 0 Å². The molecule has 0 aromatic heterocycles. The Balaban J connectivity index is 2.01. The Morgan fingerprint density at radius 2 is 1.59 bits per heavy atom. The average molecular weight is 459 g/mol. The first-order valence-corrected chi connectivity index (χ1v) is 9.45. The van der Waals surface area contributed by atoms with E-state index in [4.69, 9.17) is 39.6 Å². The van der Waals surface area contributed by atoms with Crippen molar-refractivity contribution in [1.82, 2.24) is 0 Å². The van der Waals surface area contributed by atoms with Gasteiger partial charge in [0.05, 0.1) is 15.6 Å². The standard InChI is InChI=1S/C21H13Cl3F3NO/c22-15-7-8-17(21(25,26)27)16(11-15)20(14-4-2-1-3-5-14)28-29-12-13-6-9-18(23)19(24)10-13/h1-11H,12H2. The fraction of sp³-hybridized carbons (Fsp3) is 0.0952. The van der Waals surface area contributed by atoms with E-state index in [1.807, 2.05) is 0 Å². The van der Waals surface area contributed by atoms with Crippen molar-refractivity contribution in [1.29, 1.82) is 0 Å². The van der Waals surface area contributed by atoms with Crippen LogP contribution in [0.4, 0.5) is 13.2 Å². The summed E-state index contributed by atoms with van der Waals surface area (Å²) in [6, 6.07) is 16.6. The molecule has 3 aromatic carbocycles. The molecule has 0 saturated carbocycles. The van der Waals surface area contributed by atoms with E-state index in [0.717, 1.165) is 6.07 Å². The lowest BCUT2D eigenvalue weighted by Crippen LogP contribution is -2.15. The molecule has 0 saturated heterocycles. The predicted molar refractivity (Wildman–Crippen MR) is 110 cm³/mol. The molecule has 0 unspecified atom stereocenters. The Labute approximate surface area is 180 Å². The minimum Gasteiger partial charge on any atom is -0.390 e. The van der Waals surface area contributed by atoms with Crippen LogP contribution in [0.15, 0.2) is 71.9 Å². The molecule has 0 heterocycles. The molecule has 0 atom stereocenters. The van der Waals surface area contributed by atoms with E-state index < -0.39 is 11.7 Å². The van der Waals surface area contributed by atoms with Crippen molar-refractivity contribution in [2.45, 2.75) is 12.8 Å². The Bertz CT molecular complexity index is 1040. The Morgan fingerprint density at radius 3 is 2.24 bits per heavy atom. The van der Waals surface area contributed by atoms with Crippen LogP contribution < -0.4 is 0 Å². The smallest absolute Gasteiger partial charge is 0.390 e. The minimum atomic E-state index is -4.58. The Kier molecular flexibility index (Phi) is 6.73. The fourth-order valence-electron chi connectivity index (χ4n) is 2.61. The molecule has 8 heteroatoms. The van der Waals surface area contributed by atoms with Crippen molar-refractivity contribution in [3.63, 3.8) is 0 Å². The van der Waals surface area contributed by atoms with Crippen LogP contribution >= 0.6 is 34.8 Å². The van der Waals surface area contributed by atoms with Gasteiger partial charge in [-0.3, -0.25) is 0 Å². The lowest BCUT2D eigenvalue weighted by molar-refractivity contribution is -0.137. The number of hydrogen-bond donors (Lipinski definition) is 0. The summed E-state index contributed by atoms with van der Waals surface area (Å²) >= 11 is 17.8. The first-order valence-electron chi connectivity index (χ1n) is 8.32. The monoisotopic (exact) mass is 457 g/mol. The topological polar surface area (TPSA) is 21.6 Å². The number of hydrogen-bond acceptors (Lipinski definition) is 2. The highest BCUT2D eigenvalue weighted by molar-refractivity contribution is 6.42. The zero-order chi connectivity index (χ0) is 21.0. The lowest BCUT2D eigenvalue weighted by Gasteiger charge is -2.15. The van der Waals surface area contributed by atoms with Gasteiger partial charge in [-0.25, -0.2) is 0 Å². The maximum absolute atomic E-state index is 13.6. The van der Waals surface area contributed by atoms with Gasteiger partial charge in [0.15, 0.2) is 0 Å². The summed E-state index contributed by atoms with van der Waals surface area (Å²) in [6.07, 6.45) is -4.58. The molecular formula is C21H13Cl3F3NO. The molecule has 3 aromatic rings. The second kappa shape index (κ2) is 9.08. The van der Waals surface area contributed by atoms with Gasteiger partial charge in [0.2, 0.25) is 0 Å². The molecule has 0 aliphatic rings. The van der Waals surface area contributed by atoms with Crippen LogP contribution in [-0.4, -0.2) is 5.71 Å². The summed E-state index contributed by atoms with van der Waals surface area (Å²) in [5.41, 5.74) is 0.0978. The molecule has 0 spiro atoms. The van der Waals surface area contributed by atoms with Crippen LogP contribution in [0.3, 0.4) is 0 Å². The molecule has 2 nitrogen and oxygen atoms in total. The zero-order valence-corrected chi connectivity index (χ0v) is 16.9. The van der Waals surface area contributed by atoms with Crippen LogP contribution in [-0.2, 0) is 17.6 Å². The molecule has 3 rings (SSSR count). The number of alkyl halides is 3. The molecule has 150 valence electrons. The van der Waals surface area contributed by atoms with Gasteiger partial charge >= 0.3 is 6.18 Å². The first kappa shape index (κ1) is 21.5. The molecule has 0 aliphatic carbocycles. The van der Waals surface area contributed by atoms with Crippen LogP contribution in [0, 0.1) is 0 Å². The van der Waals surface area contributed by atoms with E-state index in [2.05, 4.69) is 5.16 Å². The van der Waals surface area contributed by atoms with Gasteiger partial charge in [-0.2, -0.15) is 13.2 Å². The van der Waals surface area contributed by atoms with Crippen molar-refractivity contribution in [2.75, 3.05) is 0 Å². The van der Waals surface area contributed by atoms with Gasteiger partial charge in [-0.05, 0) is 35.9 Å². The van der Waals surface area contributed by atoms with E-state index in [0.29, 0.717) is 21.2 Å². The van der Waals surface area contributed by atoms with E-state index in [1.165, 1.54) is 12.1 Å². The maximum Gasteiger partial charge on any atom is 0.417 e. The van der Waals surface area contributed by atoms with Gasteiger partial charge < -0.3 is 4.84 Å². The van der Waals surface area contributed by atoms with Gasteiger partial charge in [0.1, 0.15) is 12.3 Å². The summed E-state index contributed by atoms with van der Waals surface area (Å²) in [7, 11) is 0. The third-order valence-corrected chi connectivity index (χ3v) is 4.93. The summed E-state index contributed by atoms with van der Waals surface area (Å²) in [6.45, 7) is -0.00482. The lowest BCUT2D eigenvalue weighted by atomic mass is 9.97. The SMILES string of the molecule is FC(F)(F)c1ccc(Cl)cc1C(=NOCc1ccc(Cl)c(Cl)c1)c1ccccc1. The number of rotatable bonds is 5. The van der Waals surface area contributed by atoms with E-state index in [9.17, 15) is 13.2 Å². The Morgan fingerprint density at radius 1 is 0.862 bits per heavy atom. The third kappa shape index (κ3) is 5.44. The summed E-state index contributed by atoms with van der Waals surface area (Å²) in [5, 5.41) is 4.89. The molecule has 0 aliphatic heterocycles. The predicted octanol–water partition coefficient (Wildman–Crippen LogP) is 7.63. The Hall–Kier alpha value is -2.21. The molecule has 0 bridgehead atoms. The fourth-order valence-corrected chi connectivity index (χ4v) is 3.11. The van der Waals surface area contributed by atoms with Gasteiger partial charge in [0, 0.05) is 16.1 Å².